The van der Waals surface area contributed by atoms with Crippen LogP contribution in [0.2, 0.25) is 5.02 Å². The Bertz CT molecular complexity index is 744. The quantitative estimate of drug-likeness (QED) is 0.786. The maximum atomic E-state index is 12.6. The third-order valence-electron chi connectivity index (χ3n) is 4.48. The second-order valence-electron chi connectivity index (χ2n) is 6.27. The molecule has 3 heterocycles. The molecule has 0 aliphatic carbocycles. The number of carboxylic acid groups (broad SMARTS) is 1. The van der Waals surface area contributed by atoms with Crippen molar-refractivity contribution in [2.45, 2.75) is 25.3 Å². The van der Waals surface area contributed by atoms with Crippen LogP contribution in [-0.2, 0) is 9.59 Å². The average Bonchev–Trinajstić information content (AvgIpc) is 3.16. The average molecular weight is 394 g/mol. The Morgan fingerprint density at radius 2 is 2.12 bits per heavy atom. The molecule has 8 heteroatoms. The number of hydrogen-bond donors (Lipinski definition) is 2. The first-order valence-corrected chi connectivity index (χ1v) is 9.71. The molecule has 0 bridgehead atoms. The number of rotatable bonds is 6. The van der Waals surface area contributed by atoms with Crippen LogP contribution in [0.3, 0.4) is 0 Å². The van der Waals surface area contributed by atoms with Crippen molar-refractivity contribution in [3.05, 3.63) is 45.7 Å². The number of carbonyl (C=O) groups excluding carboxylic acids is 1. The summed E-state index contributed by atoms with van der Waals surface area (Å²) in [5.74, 6) is -0.258. The van der Waals surface area contributed by atoms with Crippen LogP contribution in [0, 0.1) is 5.92 Å². The Hall–Kier alpha value is -2.12. The zero-order valence-electron chi connectivity index (χ0n) is 14.1. The third kappa shape index (κ3) is 4.74. The standard InChI is InChI=1S/C18H20ClN3O3S/c19-13-3-4-16(20-11-13)22-7-5-12(6-8-22)18(25)21-14(10-17(23)24)15-2-1-9-26-15/h1-4,9,11-12,14H,5-8,10H2,(H,21,25)(H,23,24)/t14-/m1/s1. The molecule has 1 amide bonds. The summed E-state index contributed by atoms with van der Waals surface area (Å²) in [6.07, 6.45) is 2.92. The summed E-state index contributed by atoms with van der Waals surface area (Å²) in [5.41, 5.74) is 0. The molecule has 1 aliphatic rings. The van der Waals surface area contributed by atoms with E-state index in [0.29, 0.717) is 17.9 Å². The molecular formula is C18H20ClN3O3S. The SMILES string of the molecule is O=C(O)C[C@@H](NC(=O)C1CCN(c2ccc(Cl)cn2)CC1)c1cccs1. The number of nitrogens with zero attached hydrogens (tertiary/aromatic N) is 2. The Kier molecular flexibility index (Phi) is 6.11. The maximum Gasteiger partial charge on any atom is 0.305 e. The van der Waals surface area contributed by atoms with Crippen LogP contribution in [0.1, 0.15) is 30.2 Å². The highest BCUT2D eigenvalue weighted by Crippen LogP contribution is 2.26. The van der Waals surface area contributed by atoms with Crippen molar-refractivity contribution < 1.29 is 14.7 Å². The van der Waals surface area contributed by atoms with Gasteiger partial charge in [-0.3, -0.25) is 9.59 Å². The van der Waals surface area contributed by atoms with Gasteiger partial charge in [0.2, 0.25) is 5.91 Å². The van der Waals surface area contributed by atoms with Gasteiger partial charge in [-0.15, -0.1) is 11.3 Å². The highest BCUT2D eigenvalue weighted by atomic mass is 35.5. The van der Waals surface area contributed by atoms with Gasteiger partial charge < -0.3 is 15.3 Å². The molecular weight excluding hydrogens is 374 g/mol. The highest BCUT2D eigenvalue weighted by molar-refractivity contribution is 7.10. The summed E-state index contributed by atoms with van der Waals surface area (Å²) in [5, 5.41) is 14.5. The lowest BCUT2D eigenvalue weighted by Gasteiger charge is -2.32. The molecule has 26 heavy (non-hydrogen) atoms. The number of aromatic nitrogens is 1. The largest absolute Gasteiger partial charge is 0.481 e. The first-order chi connectivity index (χ1) is 12.5. The highest BCUT2D eigenvalue weighted by Gasteiger charge is 2.28. The van der Waals surface area contributed by atoms with Crippen LogP contribution in [0.5, 0.6) is 0 Å². The zero-order chi connectivity index (χ0) is 18.5. The van der Waals surface area contributed by atoms with Crippen molar-refractivity contribution in [3.8, 4) is 0 Å². The molecule has 0 aromatic carbocycles. The summed E-state index contributed by atoms with van der Waals surface area (Å²) in [6.45, 7) is 1.46. The lowest BCUT2D eigenvalue weighted by atomic mass is 9.95. The molecule has 1 fully saturated rings. The molecule has 1 atom stereocenters. The van der Waals surface area contributed by atoms with Crippen molar-refractivity contribution >= 4 is 40.6 Å². The minimum atomic E-state index is -0.924. The lowest BCUT2D eigenvalue weighted by Crippen LogP contribution is -2.42. The van der Waals surface area contributed by atoms with Crippen LogP contribution in [0.25, 0.3) is 0 Å². The zero-order valence-corrected chi connectivity index (χ0v) is 15.7. The van der Waals surface area contributed by atoms with Gasteiger partial charge in [-0.1, -0.05) is 17.7 Å². The van der Waals surface area contributed by atoms with Crippen molar-refractivity contribution in [3.63, 3.8) is 0 Å². The van der Waals surface area contributed by atoms with E-state index in [9.17, 15) is 9.59 Å². The van der Waals surface area contributed by atoms with E-state index >= 15 is 0 Å². The molecule has 0 unspecified atom stereocenters. The summed E-state index contributed by atoms with van der Waals surface area (Å²) >= 11 is 7.32. The predicted molar refractivity (Wildman–Crippen MR) is 102 cm³/mol. The van der Waals surface area contributed by atoms with Gasteiger partial charge in [0.25, 0.3) is 0 Å². The van der Waals surface area contributed by atoms with E-state index in [4.69, 9.17) is 16.7 Å². The Balaban J connectivity index is 1.57. The number of carbonyl (C=O) groups is 2. The van der Waals surface area contributed by atoms with E-state index in [1.54, 1.807) is 12.3 Å². The Morgan fingerprint density at radius 3 is 2.69 bits per heavy atom. The second-order valence-corrected chi connectivity index (χ2v) is 7.69. The van der Waals surface area contributed by atoms with E-state index in [1.807, 2.05) is 23.6 Å². The maximum absolute atomic E-state index is 12.6. The number of anilines is 1. The summed E-state index contributed by atoms with van der Waals surface area (Å²) in [4.78, 5) is 31.1. The van der Waals surface area contributed by atoms with Crippen LogP contribution < -0.4 is 10.2 Å². The van der Waals surface area contributed by atoms with E-state index in [-0.39, 0.29) is 18.2 Å². The lowest BCUT2D eigenvalue weighted by molar-refractivity contribution is -0.138. The summed E-state index contributed by atoms with van der Waals surface area (Å²) in [7, 11) is 0. The molecule has 2 aromatic heterocycles. The van der Waals surface area contributed by atoms with E-state index in [1.165, 1.54) is 11.3 Å². The first-order valence-electron chi connectivity index (χ1n) is 8.45. The smallest absolute Gasteiger partial charge is 0.305 e. The number of pyridine rings is 1. The van der Waals surface area contributed by atoms with Crippen LogP contribution >= 0.6 is 22.9 Å². The number of piperidine rings is 1. The molecule has 2 N–H and O–H groups in total. The van der Waals surface area contributed by atoms with Crippen molar-refractivity contribution in [1.82, 2.24) is 10.3 Å². The van der Waals surface area contributed by atoms with Gasteiger partial charge in [0.05, 0.1) is 17.5 Å². The van der Waals surface area contributed by atoms with Crippen molar-refractivity contribution in [2.75, 3.05) is 18.0 Å². The van der Waals surface area contributed by atoms with Gasteiger partial charge in [-0.2, -0.15) is 0 Å². The number of halogens is 1. The Labute approximate surface area is 160 Å². The molecule has 138 valence electrons. The van der Waals surface area contributed by atoms with Gasteiger partial charge >= 0.3 is 5.97 Å². The fraction of sp³-hybridized carbons (Fsp3) is 0.389. The van der Waals surface area contributed by atoms with Gasteiger partial charge in [0.1, 0.15) is 5.82 Å². The summed E-state index contributed by atoms with van der Waals surface area (Å²) < 4.78 is 0. The molecule has 0 radical (unpaired) electrons. The second kappa shape index (κ2) is 8.51. The molecule has 0 saturated carbocycles. The van der Waals surface area contributed by atoms with Crippen LogP contribution in [0.4, 0.5) is 5.82 Å². The van der Waals surface area contributed by atoms with Crippen molar-refractivity contribution in [1.29, 1.82) is 0 Å². The van der Waals surface area contributed by atoms with Crippen LogP contribution in [0.15, 0.2) is 35.8 Å². The molecule has 1 saturated heterocycles. The van der Waals surface area contributed by atoms with E-state index in [2.05, 4.69) is 15.2 Å². The fourth-order valence-electron chi connectivity index (χ4n) is 3.10. The van der Waals surface area contributed by atoms with E-state index in [0.717, 1.165) is 23.8 Å². The van der Waals surface area contributed by atoms with Gasteiger partial charge in [0, 0.05) is 30.1 Å². The van der Waals surface area contributed by atoms with Crippen molar-refractivity contribution in [2.24, 2.45) is 5.92 Å². The minimum absolute atomic E-state index is 0.0756. The number of aliphatic carboxylic acids is 1. The third-order valence-corrected chi connectivity index (χ3v) is 5.69. The van der Waals surface area contributed by atoms with E-state index < -0.39 is 12.0 Å². The monoisotopic (exact) mass is 393 g/mol. The number of thiophene rings is 1. The fourth-order valence-corrected chi connectivity index (χ4v) is 3.99. The predicted octanol–water partition coefficient (Wildman–Crippen LogP) is 3.35. The molecule has 3 rings (SSSR count). The first kappa shape index (κ1) is 18.7. The Morgan fingerprint density at radius 1 is 1.35 bits per heavy atom. The van der Waals surface area contributed by atoms with Gasteiger partial charge in [-0.25, -0.2) is 4.98 Å². The normalized spacial score (nSPS) is 16.3. The number of nitrogens with one attached hydrogen (secondary N) is 1. The number of amides is 1. The van der Waals surface area contributed by atoms with Gasteiger partial charge in [-0.05, 0) is 36.4 Å². The minimum Gasteiger partial charge on any atom is -0.481 e. The topological polar surface area (TPSA) is 82.5 Å². The molecule has 0 spiro atoms. The molecule has 1 aliphatic heterocycles. The summed E-state index contributed by atoms with van der Waals surface area (Å²) in [6, 6.07) is 6.92. The molecule has 6 nitrogen and oxygen atoms in total. The molecule has 2 aromatic rings. The van der Waals surface area contributed by atoms with Gasteiger partial charge in [0.15, 0.2) is 0 Å². The number of carboxylic acids is 1. The number of hydrogen-bond acceptors (Lipinski definition) is 5. The van der Waals surface area contributed by atoms with Crippen LogP contribution in [-0.4, -0.2) is 35.1 Å².